The highest BCUT2D eigenvalue weighted by Gasteiger charge is 2.52. The number of amides is 1. The van der Waals surface area contributed by atoms with Crippen LogP contribution >= 0.6 is 11.8 Å². The number of nitrogens with zero attached hydrogens (tertiary/aromatic N) is 1. The molecule has 17 heavy (non-hydrogen) atoms. The summed E-state index contributed by atoms with van der Waals surface area (Å²) in [5.41, 5.74) is 0.763. The molecule has 2 rings (SSSR count). The molecule has 2 N–H and O–H groups in total. The average Bonchev–Trinajstić information content (AvgIpc) is 3.11. The van der Waals surface area contributed by atoms with Crippen LogP contribution < -0.4 is 5.84 Å². The number of carbonyl (C=O) groups is 1. The molecular weight excluding hydrogens is 232 g/mol. The largest absolute Gasteiger partial charge is 0.283 e. The van der Waals surface area contributed by atoms with Gasteiger partial charge in [0, 0.05) is 11.9 Å². The van der Waals surface area contributed by atoms with Crippen LogP contribution in [0.1, 0.15) is 25.3 Å². The van der Waals surface area contributed by atoms with E-state index >= 15 is 0 Å². The summed E-state index contributed by atoms with van der Waals surface area (Å²) in [6.07, 6.45) is 1.82. The SMILES string of the molecule is CCSc1ccc(C2(C(=O)N(C)N)CC2)cc1. The Kier molecular flexibility index (Phi) is 3.45. The van der Waals surface area contributed by atoms with Crippen molar-refractivity contribution < 1.29 is 4.79 Å². The summed E-state index contributed by atoms with van der Waals surface area (Å²) >= 11 is 1.81. The number of nitrogens with two attached hydrogens (primary N) is 1. The van der Waals surface area contributed by atoms with Gasteiger partial charge in [-0.15, -0.1) is 11.8 Å². The monoisotopic (exact) mass is 250 g/mol. The number of hydrazine groups is 1. The van der Waals surface area contributed by atoms with Gasteiger partial charge in [0.1, 0.15) is 0 Å². The second-order valence-electron chi connectivity index (χ2n) is 4.46. The Bertz CT molecular complexity index is 410. The molecule has 0 atom stereocenters. The lowest BCUT2D eigenvalue weighted by molar-refractivity contribution is -0.132. The first kappa shape index (κ1) is 12.5. The summed E-state index contributed by atoms with van der Waals surface area (Å²) in [4.78, 5) is 13.3. The number of hydrogen-bond donors (Lipinski definition) is 1. The molecule has 1 aromatic rings. The molecule has 1 amide bonds. The van der Waals surface area contributed by atoms with E-state index in [4.69, 9.17) is 5.84 Å². The van der Waals surface area contributed by atoms with Gasteiger partial charge in [0.25, 0.3) is 0 Å². The molecule has 0 heterocycles. The number of rotatable bonds is 4. The Morgan fingerprint density at radius 1 is 1.41 bits per heavy atom. The summed E-state index contributed by atoms with van der Waals surface area (Å²) in [5, 5.41) is 1.21. The average molecular weight is 250 g/mol. The van der Waals surface area contributed by atoms with Crippen molar-refractivity contribution in [3.05, 3.63) is 29.8 Å². The molecule has 0 aromatic heterocycles. The third-order valence-electron chi connectivity index (χ3n) is 3.20. The first-order valence-corrected chi connectivity index (χ1v) is 6.85. The molecule has 1 aromatic carbocycles. The molecule has 0 saturated heterocycles. The van der Waals surface area contributed by atoms with Crippen molar-refractivity contribution in [2.24, 2.45) is 5.84 Å². The quantitative estimate of drug-likeness (QED) is 0.385. The molecule has 3 nitrogen and oxygen atoms in total. The lowest BCUT2D eigenvalue weighted by Crippen LogP contribution is -2.41. The van der Waals surface area contributed by atoms with E-state index in [2.05, 4.69) is 31.2 Å². The van der Waals surface area contributed by atoms with Crippen LogP contribution in [-0.2, 0) is 10.2 Å². The molecule has 0 spiro atoms. The molecule has 1 aliphatic carbocycles. The maximum Gasteiger partial charge on any atom is 0.246 e. The summed E-state index contributed by atoms with van der Waals surface area (Å²) in [5.74, 6) is 6.64. The van der Waals surface area contributed by atoms with E-state index in [1.807, 2.05) is 11.8 Å². The first-order valence-electron chi connectivity index (χ1n) is 5.86. The van der Waals surface area contributed by atoms with E-state index in [1.54, 1.807) is 7.05 Å². The van der Waals surface area contributed by atoms with Crippen molar-refractivity contribution in [3.8, 4) is 0 Å². The maximum absolute atomic E-state index is 12.0. The Balaban J connectivity index is 2.20. The highest BCUT2D eigenvalue weighted by molar-refractivity contribution is 7.99. The zero-order valence-corrected chi connectivity index (χ0v) is 11.1. The molecular formula is C13H18N2OS. The van der Waals surface area contributed by atoms with Crippen LogP contribution in [0.25, 0.3) is 0 Å². The lowest BCUT2D eigenvalue weighted by Gasteiger charge is -2.19. The molecule has 0 unspecified atom stereocenters. The van der Waals surface area contributed by atoms with Gasteiger partial charge in [0.15, 0.2) is 0 Å². The minimum absolute atomic E-state index is 0.0217. The third kappa shape index (κ3) is 2.33. The van der Waals surface area contributed by atoms with E-state index in [1.165, 1.54) is 9.90 Å². The third-order valence-corrected chi connectivity index (χ3v) is 4.09. The molecule has 4 heteroatoms. The first-order chi connectivity index (χ1) is 8.10. The zero-order valence-electron chi connectivity index (χ0n) is 10.3. The van der Waals surface area contributed by atoms with Gasteiger partial charge in [-0.05, 0) is 36.3 Å². The van der Waals surface area contributed by atoms with E-state index < -0.39 is 0 Å². The Hall–Kier alpha value is -1.00. The van der Waals surface area contributed by atoms with Crippen molar-refractivity contribution in [2.45, 2.75) is 30.1 Å². The van der Waals surface area contributed by atoms with Gasteiger partial charge in [-0.1, -0.05) is 19.1 Å². The molecule has 1 aliphatic rings. The summed E-state index contributed by atoms with van der Waals surface area (Å²) in [7, 11) is 1.61. The van der Waals surface area contributed by atoms with Gasteiger partial charge in [0.2, 0.25) is 5.91 Å². The minimum Gasteiger partial charge on any atom is -0.283 e. The number of thioether (sulfide) groups is 1. The fourth-order valence-electron chi connectivity index (χ4n) is 2.13. The molecule has 92 valence electrons. The van der Waals surface area contributed by atoms with E-state index in [-0.39, 0.29) is 11.3 Å². The van der Waals surface area contributed by atoms with Crippen LogP contribution in [0, 0.1) is 0 Å². The smallest absolute Gasteiger partial charge is 0.246 e. The van der Waals surface area contributed by atoms with Crippen LogP contribution in [0.4, 0.5) is 0 Å². The van der Waals surface area contributed by atoms with E-state index in [0.717, 1.165) is 24.2 Å². The van der Waals surface area contributed by atoms with Crippen LogP contribution in [0.5, 0.6) is 0 Å². The second kappa shape index (κ2) is 4.70. The Morgan fingerprint density at radius 3 is 2.41 bits per heavy atom. The predicted octanol–water partition coefficient (Wildman–Crippen LogP) is 2.16. The minimum atomic E-state index is -0.334. The van der Waals surface area contributed by atoms with Crippen LogP contribution in [0.15, 0.2) is 29.2 Å². The number of carbonyl (C=O) groups excluding carboxylic acids is 1. The van der Waals surface area contributed by atoms with Gasteiger partial charge in [-0.25, -0.2) is 5.84 Å². The standard InChI is InChI=1S/C13H18N2OS/c1-3-17-11-6-4-10(5-7-11)13(8-9-13)12(16)15(2)14/h4-7H,3,8-9,14H2,1-2H3. The summed E-state index contributed by atoms with van der Waals surface area (Å²) in [6.45, 7) is 2.13. The van der Waals surface area contributed by atoms with Crippen molar-refractivity contribution in [2.75, 3.05) is 12.8 Å². The van der Waals surface area contributed by atoms with Gasteiger partial charge < -0.3 is 0 Å². The summed E-state index contributed by atoms with van der Waals surface area (Å²) < 4.78 is 0. The van der Waals surface area contributed by atoms with Crippen molar-refractivity contribution in [1.29, 1.82) is 0 Å². The highest BCUT2D eigenvalue weighted by atomic mass is 32.2. The van der Waals surface area contributed by atoms with Gasteiger partial charge in [0.05, 0.1) is 5.41 Å². The van der Waals surface area contributed by atoms with Crippen LogP contribution in [0.3, 0.4) is 0 Å². The molecule has 1 saturated carbocycles. The van der Waals surface area contributed by atoms with Gasteiger partial charge >= 0.3 is 0 Å². The normalized spacial score (nSPS) is 16.6. The maximum atomic E-state index is 12.0. The van der Waals surface area contributed by atoms with Crippen molar-refractivity contribution in [1.82, 2.24) is 5.01 Å². The molecule has 0 aliphatic heterocycles. The van der Waals surface area contributed by atoms with Crippen molar-refractivity contribution in [3.63, 3.8) is 0 Å². The fraction of sp³-hybridized carbons (Fsp3) is 0.462. The molecule has 0 radical (unpaired) electrons. The lowest BCUT2D eigenvalue weighted by atomic mass is 9.95. The van der Waals surface area contributed by atoms with Crippen molar-refractivity contribution >= 4 is 17.7 Å². The number of hydrogen-bond acceptors (Lipinski definition) is 3. The van der Waals surface area contributed by atoms with E-state index in [0.29, 0.717) is 0 Å². The highest BCUT2D eigenvalue weighted by Crippen LogP contribution is 2.49. The van der Waals surface area contributed by atoms with Crippen LogP contribution in [0.2, 0.25) is 0 Å². The second-order valence-corrected chi connectivity index (χ2v) is 5.79. The Morgan fingerprint density at radius 2 is 2.00 bits per heavy atom. The van der Waals surface area contributed by atoms with Crippen LogP contribution in [-0.4, -0.2) is 23.7 Å². The fourth-order valence-corrected chi connectivity index (χ4v) is 2.79. The number of benzene rings is 1. The predicted molar refractivity (Wildman–Crippen MR) is 70.7 cm³/mol. The summed E-state index contributed by atoms with van der Waals surface area (Å²) in [6, 6.07) is 8.31. The Labute approximate surface area is 106 Å². The molecule has 1 fully saturated rings. The zero-order chi connectivity index (χ0) is 12.5. The van der Waals surface area contributed by atoms with Gasteiger partial charge in [-0.2, -0.15) is 0 Å². The molecule has 0 bridgehead atoms. The van der Waals surface area contributed by atoms with Gasteiger partial charge in [-0.3, -0.25) is 9.80 Å². The van der Waals surface area contributed by atoms with E-state index in [9.17, 15) is 4.79 Å². The topological polar surface area (TPSA) is 46.3 Å². The number of likely N-dealkylation sites (N-methyl/N-ethyl adjacent to an activating group) is 1.